The molecule has 0 radical (unpaired) electrons. The summed E-state index contributed by atoms with van der Waals surface area (Å²) in [6.07, 6.45) is 0. The summed E-state index contributed by atoms with van der Waals surface area (Å²) in [6.45, 7) is 8.11. The van der Waals surface area contributed by atoms with Gasteiger partial charge in [-0.05, 0) is 23.6 Å². The highest BCUT2D eigenvalue weighted by Gasteiger charge is 2.25. The third-order valence-corrected chi connectivity index (χ3v) is 3.31. The summed E-state index contributed by atoms with van der Waals surface area (Å²) in [5.74, 6) is 0.885. The van der Waals surface area contributed by atoms with E-state index in [9.17, 15) is 5.11 Å². The first kappa shape index (κ1) is 12.4. The molecule has 1 atom stereocenters. The van der Waals surface area contributed by atoms with Crippen LogP contribution in [0.25, 0.3) is 0 Å². The summed E-state index contributed by atoms with van der Waals surface area (Å²) in [7, 11) is 0. The van der Waals surface area contributed by atoms with E-state index in [0.29, 0.717) is 17.7 Å². The van der Waals surface area contributed by atoms with Crippen LogP contribution in [0.3, 0.4) is 0 Å². The van der Waals surface area contributed by atoms with Gasteiger partial charge in [0, 0.05) is 19.1 Å². The topological polar surface area (TPSA) is 32.7 Å². The van der Waals surface area contributed by atoms with Gasteiger partial charge in [0.15, 0.2) is 0 Å². The van der Waals surface area contributed by atoms with E-state index in [1.165, 1.54) is 5.56 Å². The second kappa shape index (κ2) is 5.52. The molecular formula is C14H21NO2. The van der Waals surface area contributed by atoms with Crippen molar-refractivity contribution < 1.29 is 9.84 Å². The minimum absolute atomic E-state index is 0.332. The smallest absolute Gasteiger partial charge is 0.115 e. The molecule has 1 fully saturated rings. The number of aromatic hydroxyl groups is 1. The van der Waals surface area contributed by atoms with Gasteiger partial charge in [-0.25, -0.2) is 0 Å². The van der Waals surface area contributed by atoms with Crippen molar-refractivity contribution >= 4 is 0 Å². The van der Waals surface area contributed by atoms with Crippen molar-refractivity contribution in [1.82, 2.24) is 4.90 Å². The number of ether oxygens (including phenoxy) is 1. The lowest BCUT2D eigenvalue weighted by Gasteiger charge is -2.37. The summed E-state index contributed by atoms with van der Waals surface area (Å²) in [4.78, 5) is 2.47. The number of hydrogen-bond donors (Lipinski definition) is 1. The van der Waals surface area contributed by atoms with Gasteiger partial charge in [-0.1, -0.05) is 26.0 Å². The normalized spacial score (nSPS) is 19.5. The third kappa shape index (κ3) is 2.99. The van der Waals surface area contributed by atoms with E-state index in [0.717, 1.165) is 26.3 Å². The Labute approximate surface area is 103 Å². The lowest BCUT2D eigenvalue weighted by Crippen LogP contribution is -2.40. The highest BCUT2D eigenvalue weighted by atomic mass is 16.5. The molecule has 3 heteroatoms. The Morgan fingerprint density at radius 1 is 1.12 bits per heavy atom. The van der Waals surface area contributed by atoms with Crippen LogP contribution < -0.4 is 0 Å². The van der Waals surface area contributed by atoms with E-state index in [4.69, 9.17) is 4.74 Å². The molecule has 0 amide bonds. The highest BCUT2D eigenvalue weighted by Crippen LogP contribution is 2.30. The van der Waals surface area contributed by atoms with E-state index >= 15 is 0 Å². The molecule has 1 aromatic carbocycles. The second-order valence-corrected chi connectivity index (χ2v) is 4.93. The van der Waals surface area contributed by atoms with Crippen LogP contribution in [-0.2, 0) is 4.74 Å². The molecule has 0 aliphatic carbocycles. The van der Waals surface area contributed by atoms with Gasteiger partial charge in [0.05, 0.1) is 13.2 Å². The van der Waals surface area contributed by atoms with Crippen LogP contribution in [0.2, 0.25) is 0 Å². The van der Waals surface area contributed by atoms with E-state index < -0.39 is 0 Å². The van der Waals surface area contributed by atoms with Crippen molar-refractivity contribution in [3.63, 3.8) is 0 Å². The van der Waals surface area contributed by atoms with E-state index in [1.807, 2.05) is 12.1 Å². The second-order valence-electron chi connectivity index (χ2n) is 4.93. The van der Waals surface area contributed by atoms with Gasteiger partial charge in [0.25, 0.3) is 0 Å². The monoisotopic (exact) mass is 235 g/mol. The van der Waals surface area contributed by atoms with Crippen molar-refractivity contribution in [2.75, 3.05) is 26.3 Å². The molecule has 17 heavy (non-hydrogen) atoms. The average Bonchev–Trinajstić information content (AvgIpc) is 2.33. The van der Waals surface area contributed by atoms with Crippen molar-refractivity contribution in [2.24, 2.45) is 5.92 Å². The number of phenols is 1. The fourth-order valence-electron chi connectivity index (χ4n) is 2.54. The molecule has 1 aliphatic heterocycles. The maximum atomic E-state index is 9.35. The van der Waals surface area contributed by atoms with Gasteiger partial charge >= 0.3 is 0 Å². The molecule has 1 aliphatic rings. The maximum absolute atomic E-state index is 9.35. The predicted octanol–water partition coefficient (Wildman–Crippen LogP) is 2.42. The zero-order valence-corrected chi connectivity index (χ0v) is 10.6. The van der Waals surface area contributed by atoms with Crippen molar-refractivity contribution in [2.45, 2.75) is 19.9 Å². The first-order chi connectivity index (χ1) is 8.18. The quantitative estimate of drug-likeness (QED) is 0.873. The van der Waals surface area contributed by atoms with Crippen LogP contribution in [0.5, 0.6) is 5.75 Å². The Kier molecular flexibility index (Phi) is 4.02. The van der Waals surface area contributed by atoms with Crippen molar-refractivity contribution in [3.05, 3.63) is 29.8 Å². The lowest BCUT2D eigenvalue weighted by atomic mass is 9.94. The van der Waals surface area contributed by atoms with Gasteiger partial charge in [0.1, 0.15) is 5.75 Å². The molecule has 1 unspecified atom stereocenters. The summed E-state index contributed by atoms with van der Waals surface area (Å²) < 4.78 is 5.40. The number of morpholine rings is 1. The van der Waals surface area contributed by atoms with Gasteiger partial charge in [-0.3, -0.25) is 4.90 Å². The van der Waals surface area contributed by atoms with Gasteiger partial charge in [-0.15, -0.1) is 0 Å². The molecule has 0 spiro atoms. The van der Waals surface area contributed by atoms with E-state index in [-0.39, 0.29) is 0 Å². The summed E-state index contributed by atoms with van der Waals surface area (Å²) in [6, 6.07) is 8.00. The van der Waals surface area contributed by atoms with Gasteiger partial charge < -0.3 is 9.84 Å². The van der Waals surface area contributed by atoms with Gasteiger partial charge in [-0.2, -0.15) is 0 Å². The summed E-state index contributed by atoms with van der Waals surface area (Å²) >= 11 is 0. The highest BCUT2D eigenvalue weighted by molar-refractivity contribution is 5.28. The lowest BCUT2D eigenvalue weighted by molar-refractivity contribution is 0.00562. The summed E-state index contributed by atoms with van der Waals surface area (Å²) in [5, 5.41) is 9.35. The molecule has 1 saturated heterocycles. The molecule has 0 bridgehead atoms. The van der Waals surface area contributed by atoms with Gasteiger partial charge in [0.2, 0.25) is 0 Å². The zero-order valence-electron chi connectivity index (χ0n) is 10.6. The Bertz CT molecular complexity index is 342. The molecule has 1 aromatic rings. The molecule has 2 rings (SSSR count). The maximum Gasteiger partial charge on any atom is 0.115 e. The van der Waals surface area contributed by atoms with Crippen LogP contribution in [0, 0.1) is 5.92 Å². The minimum Gasteiger partial charge on any atom is -0.508 e. The first-order valence-corrected chi connectivity index (χ1v) is 6.29. The standard InChI is InChI=1S/C14H21NO2/c1-11(2)14(15-7-9-17-10-8-15)12-3-5-13(16)6-4-12/h3-6,11,14,16H,7-10H2,1-2H3. The molecule has 0 saturated carbocycles. The van der Waals surface area contributed by atoms with Crippen LogP contribution in [-0.4, -0.2) is 36.3 Å². The minimum atomic E-state index is 0.332. The fourth-order valence-corrected chi connectivity index (χ4v) is 2.54. The third-order valence-electron chi connectivity index (χ3n) is 3.31. The van der Waals surface area contributed by atoms with Crippen molar-refractivity contribution in [3.8, 4) is 5.75 Å². The summed E-state index contributed by atoms with van der Waals surface area (Å²) in [5.41, 5.74) is 1.28. The number of phenolic OH excluding ortho intramolecular Hbond substituents is 1. The number of benzene rings is 1. The van der Waals surface area contributed by atoms with E-state index in [1.54, 1.807) is 12.1 Å². The van der Waals surface area contributed by atoms with Crippen LogP contribution in [0.1, 0.15) is 25.5 Å². The fraction of sp³-hybridized carbons (Fsp3) is 0.571. The Balaban J connectivity index is 2.18. The van der Waals surface area contributed by atoms with Crippen molar-refractivity contribution in [1.29, 1.82) is 0 Å². The van der Waals surface area contributed by atoms with Crippen LogP contribution >= 0.6 is 0 Å². The predicted molar refractivity (Wildman–Crippen MR) is 68.1 cm³/mol. The zero-order chi connectivity index (χ0) is 12.3. The number of rotatable bonds is 3. The molecule has 1 N–H and O–H groups in total. The molecule has 94 valence electrons. The molecule has 1 heterocycles. The Hall–Kier alpha value is -1.06. The molecule has 0 aromatic heterocycles. The Morgan fingerprint density at radius 3 is 2.24 bits per heavy atom. The first-order valence-electron chi connectivity index (χ1n) is 6.29. The largest absolute Gasteiger partial charge is 0.508 e. The Morgan fingerprint density at radius 2 is 1.71 bits per heavy atom. The SMILES string of the molecule is CC(C)C(c1ccc(O)cc1)N1CCOCC1. The molecular weight excluding hydrogens is 214 g/mol. The van der Waals surface area contributed by atoms with Crippen LogP contribution in [0.15, 0.2) is 24.3 Å². The van der Waals surface area contributed by atoms with E-state index in [2.05, 4.69) is 18.7 Å². The average molecular weight is 235 g/mol. The van der Waals surface area contributed by atoms with Crippen LogP contribution in [0.4, 0.5) is 0 Å². The number of nitrogens with zero attached hydrogens (tertiary/aromatic N) is 1. The molecule has 3 nitrogen and oxygen atoms in total. The number of hydrogen-bond acceptors (Lipinski definition) is 3.